The largest absolute Gasteiger partial charge is 0.494 e. The van der Waals surface area contributed by atoms with Crippen LogP contribution in [0.25, 0.3) is 0 Å². The van der Waals surface area contributed by atoms with E-state index in [0.717, 1.165) is 0 Å². The molecule has 9 heteroatoms. The number of sulfone groups is 1. The molecule has 7 nitrogen and oxygen atoms in total. The second kappa shape index (κ2) is 8.61. The normalized spacial score (nSPS) is 13.3. The van der Waals surface area contributed by atoms with Gasteiger partial charge < -0.3 is 4.74 Å². The fourth-order valence-electron chi connectivity index (χ4n) is 2.33. The van der Waals surface area contributed by atoms with Gasteiger partial charge in [-0.3, -0.25) is 4.98 Å². The van der Waals surface area contributed by atoms with Gasteiger partial charge in [0.1, 0.15) is 11.0 Å². The molecule has 26 heavy (non-hydrogen) atoms. The molecule has 0 bridgehead atoms. The Hall–Kier alpha value is -1.97. The van der Waals surface area contributed by atoms with Gasteiger partial charge in [0.25, 0.3) is 0 Å². The topological polar surface area (TPSA) is 102 Å². The van der Waals surface area contributed by atoms with Crippen molar-refractivity contribution in [2.45, 2.75) is 24.0 Å². The highest BCUT2D eigenvalue weighted by molar-refractivity contribution is 7.92. The Morgan fingerprint density at radius 3 is 2.31 bits per heavy atom. The van der Waals surface area contributed by atoms with Crippen molar-refractivity contribution in [1.29, 1.82) is 0 Å². The van der Waals surface area contributed by atoms with E-state index in [0.29, 0.717) is 17.9 Å². The fraction of sp³-hybridized carbons (Fsp3) is 0.353. The molecule has 0 amide bonds. The predicted molar refractivity (Wildman–Crippen MR) is 99.2 cm³/mol. The summed E-state index contributed by atoms with van der Waals surface area (Å²) in [5.41, 5.74) is 0.417. The number of nitrogens with one attached hydrogen (secondary N) is 1. The van der Waals surface area contributed by atoms with E-state index >= 15 is 0 Å². The summed E-state index contributed by atoms with van der Waals surface area (Å²) in [4.78, 5) is 4.04. The molecule has 1 heterocycles. The molecular formula is C17H22N2O5S2. The van der Waals surface area contributed by atoms with Crippen LogP contribution in [0, 0.1) is 0 Å². The highest BCUT2D eigenvalue weighted by Crippen LogP contribution is 2.29. The summed E-state index contributed by atoms with van der Waals surface area (Å²) in [6.07, 6.45) is 2.96. The van der Waals surface area contributed by atoms with Crippen LogP contribution >= 0.6 is 0 Å². The zero-order valence-electron chi connectivity index (χ0n) is 14.6. The van der Waals surface area contributed by atoms with E-state index in [1.54, 1.807) is 24.3 Å². The average molecular weight is 399 g/mol. The van der Waals surface area contributed by atoms with E-state index in [4.69, 9.17) is 4.74 Å². The monoisotopic (exact) mass is 398 g/mol. The molecule has 0 radical (unpaired) electrons. The Morgan fingerprint density at radius 2 is 1.77 bits per heavy atom. The van der Waals surface area contributed by atoms with E-state index in [-0.39, 0.29) is 17.2 Å². The molecule has 1 unspecified atom stereocenters. The van der Waals surface area contributed by atoms with Gasteiger partial charge in [-0.15, -0.1) is 0 Å². The number of nitrogens with zero attached hydrogens (tertiary/aromatic N) is 1. The average Bonchev–Trinajstić information content (AvgIpc) is 2.63. The van der Waals surface area contributed by atoms with Gasteiger partial charge in [-0.05, 0) is 49.7 Å². The van der Waals surface area contributed by atoms with Crippen molar-refractivity contribution in [2.24, 2.45) is 0 Å². The van der Waals surface area contributed by atoms with Gasteiger partial charge in [0.15, 0.2) is 9.84 Å². The molecule has 1 aromatic carbocycles. The summed E-state index contributed by atoms with van der Waals surface area (Å²) in [6, 6.07) is 9.30. The lowest BCUT2D eigenvalue weighted by Gasteiger charge is -2.19. The number of rotatable bonds is 9. The Labute approximate surface area is 154 Å². The molecule has 2 aromatic rings. The third kappa shape index (κ3) is 5.03. The van der Waals surface area contributed by atoms with E-state index in [9.17, 15) is 16.8 Å². The minimum absolute atomic E-state index is 0.0884. The predicted octanol–water partition coefficient (Wildman–Crippen LogP) is 1.93. The van der Waals surface area contributed by atoms with Crippen molar-refractivity contribution in [2.75, 3.05) is 18.9 Å². The van der Waals surface area contributed by atoms with Crippen LogP contribution in [-0.4, -0.2) is 40.7 Å². The van der Waals surface area contributed by atoms with Gasteiger partial charge >= 0.3 is 0 Å². The lowest BCUT2D eigenvalue weighted by Crippen LogP contribution is -2.33. The number of ether oxygens (including phenoxy) is 1. The van der Waals surface area contributed by atoms with E-state index in [2.05, 4.69) is 9.71 Å². The summed E-state index contributed by atoms with van der Waals surface area (Å²) in [7, 11) is -7.37. The van der Waals surface area contributed by atoms with Crippen LogP contribution in [0.2, 0.25) is 0 Å². The number of aromatic nitrogens is 1. The Balaban J connectivity index is 2.39. The van der Waals surface area contributed by atoms with Gasteiger partial charge in [0.2, 0.25) is 10.0 Å². The third-order valence-corrected chi connectivity index (χ3v) is 7.25. The number of hydrogen-bond donors (Lipinski definition) is 1. The fourth-order valence-corrected chi connectivity index (χ4v) is 4.71. The summed E-state index contributed by atoms with van der Waals surface area (Å²) in [5, 5.41) is -1.09. The van der Waals surface area contributed by atoms with E-state index in [1.807, 2.05) is 6.92 Å². The molecule has 0 aliphatic carbocycles. The van der Waals surface area contributed by atoms with E-state index in [1.165, 1.54) is 31.5 Å². The van der Waals surface area contributed by atoms with Gasteiger partial charge in [-0.25, -0.2) is 21.6 Å². The molecule has 0 saturated heterocycles. The lowest BCUT2D eigenvalue weighted by molar-refractivity contribution is 0.340. The maximum absolute atomic E-state index is 13.1. The van der Waals surface area contributed by atoms with Gasteiger partial charge in [0.05, 0.1) is 17.3 Å². The molecule has 2 rings (SSSR count). The summed E-state index contributed by atoms with van der Waals surface area (Å²) in [6.45, 7) is 3.53. The smallest absolute Gasteiger partial charge is 0.211 e. The molecule has 142 valence electrons. The maximum atomic E-state index is 13.1. The zero-order valence-corrected chi connectivity index (χ0v) is 16.3. The van der Waals surface area contributed by atoms with Gasteiger partial charge in [-0.2, -0.15) is 0 Å². The van der Waals surface area contributed by atoms with Crippen LogP contribution in [0.4, 0.5) is 0 Å². The zero-order chi connectivity index (χ0) is 19.2. The Morgan fingerprint density at radius 1 is 1.08 bits per heavy atom. The van der Waals surface area contributed by atoms with E-state index < -0.39 is 25.1 Å². The minimum Gasteiger partial charge on any atom is -0.494 e. The van der Waals surface area contributed by atoms with Gasteiger partial charge in [-0.1, -0.05) is 6.07 Å². The van der Waals surface area contributed by atoms with Crippen LogP contribution in [-0.2, 0) is 19.9 Å². The molecule has 1 aromatic heterocycles. The Kier molecular flexibility index (Phi) is 6.74. The van der Waals surface area contributed by atoms with Crippen molar-refractivity contribution >= 4 is 19.9 Å². The maximum Gasteiger partial charge on any atom is 0.211 e. The van der Waals surface area contributed by atoms with Crippen molar-refractivity contribution in [1.82, 2.24) is 9.71 Å². The van der Waals surface area contributed by atoms with Crippen LogP contribution in [0.5, 0.6) is 5.75 Å². The van der Waals surface area contributed by atoms with Crippen molar-refractivity contribution in [3.8, 4) is 5.75 Å². The summed E-state index contributed by atoms with van der Waals surface area (Å²) in [5.74, 6) is 0.437. The van der Waals surface area contributed by atoms with Crippen LogP contribution in [0.15, 0.2) is 53.7 Å². The molecule has 0 aliphatic rings. The number of hydrogen-bond acceptors (Lipinski definition) is 6. The van der Waals surface area contributed by atoms with Crippen molar-refractivity contribution < 1.29 is 21.6 Å². The molecule has 0 fully saturated rings. The van der Waals surface area contributed by atoms with Crippen LogP contribution < -0.4 is 9.46 Å². The second-order valence-electron chi connectivity index (χ2n) is 5.48. The molecule has 0 aliphatic heterocycles. The lowest BCUT2D eigenvalue weighted by atomic mass is 10.2. The van der Waals surface area contributed by atoms with Gasteiger partial charge in [0, 0.05) is 18.9 Å². The first-order valence-corrected chi connectivity index (χ1v) is 11.3. The molecule has 1 atom stereocenters. The first-order chi connectivity index (χ1) is 12.3. The third-order valence-electron chi connectivity index (χ3n) is 3.76. The second-order valence-corrected chi connectivity index (χ2v) is 9.70. The highest BCUT2D eigenvalue weighted by atomic mass is 32.2. The number of benzene rings is 1. The minimum atomic E-state index is -3.84. The first kappa shape index (κ1) is 20.3. The van der Waals surface area contributed by atoms with Crippen molar-refractivity contribution in [3.05, 3.63) is 54.4 Å². The Bertz CT molecular complexity index is 911. The quantitative estimate of drug-likeness (QED) is 0.692. The first-order valence-electron chi connectivity index (χ1n) is 8.14. The number of sulfonamides is 1. The molecule has 0 saturated carbocycles. The standard InChI is InChI=1S/C17H22N2O5S2/c1-3-24-15-7-9-16(10-8-15)26(22,23)17(13-19-25(20,21)4-2)14-6-5-11-18-12-14/h5-12,17,19H,3-4,13H2,1-2H3. The molecule has 0 spiro atoms. The molecule has 1 N–H and O–H groups in total. The van der Waals surface area contributed by atoms with Crippen LogP contribution in [0.3, 0.4) is 0 Å². The summed E-state index contributed by atoms with van der Waals surface area (Å²) < 4.78 is 57.4. The van der Waals surface area contributed by atoms with Crippen LogP contribution in [0.1, 0.15) is 24.7 Å². The summed E-state index contributed by atoms with van der Waals surface area (Å²) >= 11 is 0. The SMILES string of the molecule is CCOc1ccc(S(=O)(=O)C(CNS(=O)(=O)CC)c2cccnc2)cc1. The highest BCUT2D eigenvalue weighted by Gasteiger charge is 2.30. The van der Waals surface area contributed by atoms with Crippen molar-refractivity contribution in [3.63, 3.8) is 0 Å². The number of pyridine rings is 1. The molecular weight excluding hydrogens is 376 g/mol.